The minimum Gasteiger partial charge on any atom is -0.369 e. The highest BCUT2D eigenvalue weighted by molar-refractivity contribution is 8.03. The number of aliphatic hydroxyl groups is 1. The molecule has 4 heteroatoms. The fraction of sp³-hybridized carbons (Fsp3) is 0.357. The van der Waals surface area contributed by atoms with Crippen molar-refractivity contribution in [2.24, 2.45) is 5.41 Å². The zero-order valence-corrected chi connectivity index (χ0v) is 11.5. The average Bonchev–Trinajstić information content (AvgIpc) is 2.66. The molecule has 1 atom stereocenters. The van der Waals surface area contributed by atoms with Gasteiger partial charge in [-0.05, 0) is 28.5 Å². The Morgan fingerprint density at radius 1 is 1.28 bits per heavy atom. The van der Waals surface area contributed by atoms with Crippen molar-refractivity contribution in [3.8, 4) is 0 Å². The van der Waals surface area contributed by atoms with Gasteiger partial charge in [0.05, 0.1) is 11.0 Å². The summed E-state index contributed by atoms with van der Waals surface area (Å²) in [5.74, 6) is 0. The number of fused-ring (bicyclic) bond motifs is 3. The van der Waals surface area contributed by atoms with Crippen LogP contribution in [0.5, 0.6) is 0 Å². The number of allylic oxidation sites excluding steroid dienone is 1. The molecule has 1 N–H and O–H groups in total. The van der Waals surface area contributed by atoms with Crippen LogP contribution < -0.4 is 0 Å². The van der Waals surface area contributed by atoms with Crippen molar-refractivity contribution >= 4 is 22.8 Å². The van der Waals surface area contributed by atoms with Crippen molar-refractivity contribution in [1.82, 2.24) is 9.55 Å². The molecule has 3 rings (SSSR count). The third kappa shape index (κ3) is 1.76. The van der Waals surface area contributed by atoms with Gasteiger partial charge in [0.25, 0.3) is 0 Å². The molecule has 0 amide bonds. The normalized spacial score (nSPS) is 19.8. The first kappa shape index (κ1) is 11.8. The average molecular weight is 260 g/mol. The second kappa shape index (κ2) is 3.87. The number of nitrogens with zero attached hydrogens (tertiary/aromatic N) is 2. The third-order valence-electron chi connectivity index (χ3n) is 3.07. The van der Waals surface area contributed by atoms with Gasteiger partial charge in [0.1, 0.15) is 0 Å². The molecule has 0 saturated carbocycles. The van der Waals surface area contributed by atoms with Crippen LogP contribution in [-0.4, -0.2) is 14.7 Å². The Hall–Kier alpha value is -1.26. The molecule has 18 heavy (non-hydrogen) atoms. The van der Waals surface area contributed by atoms with Crippen molar-refractivity contribution < 1.29 is 5.11 Å². The van der Waals surface area contributed by atoms with Crippen LogP contribution in [0.15, 0.2) is 40.4 Å². The smallest absolute Gasteiger partial charge is 0.176 e. The molecule has 0 spiro atoms. The molecule has 0 unspecified atom stereocenters. The highest BCUT2D eigenvalue weighted by atomic mass is 32.2. The van der Waals surface area contributed by atoms with E-state index in [-0.39, 0.29) is 5.41 Å². The monoisotopic (exact) mass is 260 g/mol. The van der Waals surface area contributed by atoms with Gasteiger partial charge in [-0.25, -0.2) is 4.98 Å². The number of hydrogen-bond donors (Lipinski definition) is 1. The summed E-state index contributed by atoms with van der Waals surface area (Å²) in [5, 5.41) is 11.2. The van der Waals surface area contributed by atoms with E-state index in [9.17, 15) is 5.11 Å². The second-order valence-corrected chi connectivity index (χ2v) is 6.56. The maximum absolute atomic E-state index is 10.3. The molecule has 0 aliphatic carbocycles. The van der Waals surface area contributed by atoms with Crippen molar-refractivity contribution in [1.29, 1.82) is 0 Å². The molecule has 2 aromatic rings. The van der Waals surface area contributed by atoms with Crippen LogP contribution in [0.2, 0.25) is 0 Å². The minimum atomic E-state index is -0.622. The Kier molecular flexibility index (Phi) is 2.54. The number of benzene rings is 1. The van der Waals surface area contributed by atoms with Crippen LogP contribution in [0.3, 0.4) is 0 Å². The van der Waals surface area contributed by atoms with Gasteiger partial charge in [-0.2, -0.15) is 0 Å². The lowest BCUT2D eigenvalue weighted by Gasteiger charge is -2.28. The highest BCUT2D eigenvalue weighted by Crippen LogP contribution is 2.44. The van der Waals surface area contributed by atoms with E-state index in [2.05, 4.69) is 25.8 Å². The molecular weight excluding hydrogens is 244 g/mol. The van der Waals surface area contributed by atoms with Crippen molar-refractivity contribution in [3.05, 3.63) is 35.2 Å². The van der Waals surface area contributed by atoms with Gasteiger partial charge in [-0.15, -0.1) is 0 Å². The number of rotatable bonds is 0. The minimum absolute atomic E-state index is 0.0367. The number of hydrogen-bond acceptors (Lipinski definition) is 3. The Bertz CT molecular complexity index is 637. The topological polar surface area (TPSA) is 38.0 Å². The van der Waals surface area contributed by atoms with Crippen LogP contribution in [0.1, 0.15) is 27.0 Å². The SMILES string of the molecule is CC(C)(C)C1=C[C@H](O)n2c(nc3ccccc32)S1. The summed E-state index contributed by atoms with van der Waals surface area (Å²) in [7, 11) is 0. The first-order valence-corrected chi connectivity index (χ1v) is 6.83. The highest BCUT2D eigenvalue weighted by Gasteiger charge is 2.28. The maximum atomic E-state index is 10.3. The van der Waals surface area contributed by atoms with E-state index in [0.29, 0.717) is 0 Å². The van der Waals surface area contributed by atoms with Crippen molar-refractivity contribution in [2.45, 2.75) is 32.2 Å². The number of aromatic nitrogens is 2. The molecular formula is C14H16N2OS. The summed E-state index contributed by atoms with van der Waals surface area (Å²) < 4.78 is 1.88. The van der Waals surface area contributed by atoms with Crippen LogP contribution in [0.25, 0.3) is 11.0 Å². The predicted octanol–water partition coefficient (Wildman–Crippen LogP) is 3.56. The van der Waals surface area contributed by atoms with E-state index in [4.69, 9.17) is 0 Å². The quantitative estimate of drug-likeness (QED) is 0.787. The fourth-order valence-corrected chi connectivity index (χ4v) is 3.24. The molecule has 1 aromatic carbocycles. The largest absolute Gasteiger partial charge is 0.369 e. The zero-order chi connectivity index (χ0) is 12.9. The summed E-state index contributed by atoms with van der Waals surface area (Å²) in [6.45, 7) is 6.45. The number of para-hydroxylation sites is 2. The van der Waals surface area contributed by atoms with Gasteiger partial charge < -0.3 is 5.11 Å². The van der Waals surface area contributed by atoms with Crippen LogP contribution in [-0.2, 0) is 0 Å². The maximum Gasteiger partial charge on any atom is 0.176 e. The Morgan fingerprint density at radius 2 is 2.00 bits per heavy atom. The van der Waals surface area contributed by atoms with Crippen LogP contribution >= 0.6 is 11.8 Å². The van der Waals surface area contributed by atoms with Gasteiger partial charge in [-0.1, -0.05) is 44.7 Å². The molecule has 1 aliphatic rings. The molecule has 2 heterocycles. The van der Waals surface area contributed by atoms with Crippen LogP contribution in [0.4, 0.5) is 0 Å². The van der Waals surface area contributed by atoms with Crippen molar-refractivity contribution in [3.63, 3.8) is 0 Å². The zero-order valence-electron chi connectivity index (χ0n) is 10.7. The van der Waals surface area contributed by atoms with Gasteiger partial charge in [0, 0.05) is 0 Å². The lowest BCUT2D eigenvalue weighted by molar-refractivity contribution is 0.146. The van der Waals surface area contributed by atoms with Gasteiger partial charge in [-0.3, -0.25) is 4.57 Å². The van der Waals surface area contributed by atoms with Gasteiger partial charge in [0.15, 0.2) is 11.4 Å². The van der Waals surface area contributed by atoms with E-state index in [1.807, 2.05) is 34.9 Å². The molecule has 1 aromatic heterocycles. The summed E-state index contributed by atoms with van der Waals surface area (Å²) >= 11 is 1.65. The molecule has 0 radical (unpaired) electrons. The lowest BCUT2D eigenvalue weighted by atomic mass is 9.95. The van der Waals surface area contributed by atoms with Crippen molar-refractivity contribution in [2.75, 3.05) is 0 Å². The lowest BCUT2D eigenvalue weighted by Crippen LogP contribution is -2.17. The first-order valence-electron chi connectivity index (χ1n) is 6.02. The number of aliphatic hydroxyl groups excluding tert-OH is 1. The third-order valence-corrected chi connectivity index (χ3v) is 4.51. The predicted molar refractivity (Wildman–Crippen MR) is 74.4 cm³/mol. The number of thioether (sulfide) groups is 1. The Morgan fingerprint density at radius 3 is 2.72 bits per heavy atom. The van der Waals surface area contributed by atoms with Gasteiger partial charge in [0.2, 0.25) is 0 Å². The van der Waals surface area contributed by atoms with E-state index >= 15 is 0 Å². The van der Waals surface area contributed by atoms with Gasteiger partial charge >= 0.3 is 0 Å². The molecule has 0 fully saturated rings. The standard InChI is InChI=1S/C14H16N2OS/c1-14(2,3)11-8-12(17)16-10-7-5-4-6-9(10)15-13(16)18-11/h4-8,12,17H,1-3H3/t12-/m0/s1. The molecule has 1 aliphatic heterocycles. The Labute approximate surface area is 111 Å². The number of imidazole rings is 1. The summed E-state index contributed by atoms with van der Waals surface area (Å²) in [4.78, 5) is 5.76. The molecule has 94 valence electrons. The van der Waals surface area contributed by atoms with E-state index in [1.165, 1.54) is 0 Å². The van der Waals surface area contributed by atoms with E-state index in [0.717, 1.165) is 21.1 Å². The summed E-state index contributed by atoms with van der Waals surface area (Å²) in [5.41, 5.74) is 1.95. The molecule has 0 saturated heterocycles. The Balaban J connectivity index is 2.16. The summed E-state index contributed by atoms with van der Waals surface area (Å²) in [6, 6.07) is 7.91. The molecule has 0 bridgehead atoms. The fourth-order valence-electron chi connectivity index (χ4n) is 2.10. The van der Waals surface area contributed by atoms with E-state index < -0.39 is 6.23 Å². The first-order chi connectivity index (χ1) is 8.47. The summed E-state index contributed by atoms with van der Waals surface area (Å²) in [6.07, 6.45) is 1.30. The van der Waals surface area contributed by atoms with Crippen LogP contribution in [0, 0.1) is 5.41 Å². The molecule has 3 nitrogen and oxygen atoms in total. The second-order valence-electron chi connectivity index (χ2n) is 5.55. The van der Waals surface area contributed by atoms with E-state index in [1.54, 1.807) is 11.8 Å².